The van der Waals surface area contributed by atoms with E-state index >= 15 is 0 Å². The number of carbonyl (C=O) groups excluding carboxylic acids is 4. The second kappa shape index (κ2) is 9.43. The number of rotatable bonds is 5. The van der Waals surface area contributed by atoms with Gasteiger partial charge in [-0.2, -0.15) is 0 Å². The molecule has 6 atom stereocenters. The van der Waals surface area contributed by atoms with Crippen LogP contribution in [0.3, 0.4) is 0 Å². The molecule has 1 aromatic rings. The molecule has 1 fully saturated rings. The number of hydrogen-bond acceptors (Lipinski definition) is 9. The molecular formula is C20H25O9P. The first-order chi connectivity index (χ1) is 14.0. The van der Waals surface area contributed by atoms with Crippen LogP contribution in [-0.4, -0.2) is 53.7 Å². The van der Waals surface area contributed by atoms with E-state index in [-0.39, 0.29) is 0 Å². The van der Waals surface area contributed by atoms with Gasteiger partial charge in [-0.05, 0) is 0 Å². The third-order valence-corrected chi connectivity index (χ3v) is 8.50. The van der Waals surface area contributed by atoms with Crippen molar-refractivity contribution in [1.82, 2.24) is 0 Å². The average Bonchev–Trinajstić information content (AvgIpc) is 2.65. The summed E-state index contributed by atoms with van der Waals surface area (Å²) in [6.07, 6.45) is -3.96. The van der Waals surface area contributed by atoms with E-state index in [1.165, 1.54) is 0 Å². The molecule has 30 heavy (non-hydrogen) atoms. The van der Waals surface area contributed by atoms with Crippen LogP contribution in [0.5, 0.6) is 0 Å². The maximum absolute atomic E-state index is 14.4. The van der Waals surface area contributed by atoms with Crippen molar-refractivity contribution in [3.63, 3.8) is 0 Å². The van der Waals surface area contributed by atoms with Crippen molar-refractivity contribution in [3.05, 3.63) is 30.3 Å². The molecule has 1 aliphatic heterocycles. The van der Waals surface area contributed by atoms with Crippen molar-refractivity contribution >= 4 is 36.3 Å². The minimum atomic E-state index is -3.72. The first-order valence-corrected chi connectivity index (χ1v) is 11.2. The predicted octanol–water partition coefficient (Wildman–Crippen LogP) is 1.76. The third-order valence-electron chi connectivity index (χ3n) is 4.74. The summed E-state index contributed by atoms with van der Waals surface area (Å²) in [6, 6.07) is 8.23. The van der Waals surface area contributed by atoms with Crippen LogP contribution < -0.4 is 5.30 Å². The van der Waals surface area contributed by atoms with Crippen LogP contribution in [0.1, 0.15) is 34.6 Å². The van der Waals surface area contributed by atoms with Crippen LogP contribution in [-0.2, 0) is 42.7 Å². The molecule has 1 aromatic carbocycles. The van der Waals surface area contributed by atoms with Crippen LogP contribution in [0.15, 0.2) is 30.3 Å². The zero-order valence-corrected chi connectivity index (χ0v) is 18.3. The lowest BCUT2D eigenvalue weighted by Gasteiger charge is -2.47. The smallest absolute Gasteiger partial charge is 0.303 e. The lowest BCUT2D eigenvalue weighted by Crippen LogP contribution is -2.60. The monoisotopic (exact) mass is 440 g/mol. The van der Waals surface area contributed by atoms with Gasteiger partial charge in [-0.1, -0.05) is 37.3 Å². The summed E-state index contributed by atoms with van der Waals surface area (Å²) >= 11 is 0. The molecule has 164 valence electrons. The van der Waals surface area contributed by atoms with Gasteiger partial charge in [-0.3, -0.25) is 19.2 Å². The van der Waals surface area contributed by atoms with Crippen LogP contribution >= 0.6 is 7.14 Å². The lowest BCUT2D eigenvalue weighted by atomic mass is 10.0. The molecule has 0 saturated carbocycles. The summed E-state index contributed by atoms with van der Waals surface area (Å²) < 4.78 is 35.9. The molecule has 0 bridgehead atoms. The minimum Gasteiger partial charge on any atom is -0.458 e. The Morgan fingerprint density at radius 1 is 0.700 bits per heavy atom. The topological polar surface area (TPSA) is 122 Å². The molecule has 9 nitrogen and oxygen atoms in total. The van der Waals surface area contributed by atoms with Gasteiger partial charge in [0.2, 0.25) is 0 Å². The Labute approximate surface area is 174 Å². The second-order valence-electron chi connectivity index (χ2n) is 7.01. The average molecular weight is 440 g/mol. The molecule has 2 rings (SSSR count). The SMILES string of the molecule is CC(=O)O[C@@H]1[C@H](OC(C)=O)[C@@H](C)P(=O)(c2ccccc2)[C@@H](OC(C)=O)[C@H]1OC(C)=O. The molecule has 1 saturated heterocycles. The van der Waals surface area contributed by atoms with Gasteiger partial charge in [0.1, 0.15) is 0 Å². The van der Waals surface area contributed by atoms with Crippen molar-refractivity contribution in [2.75, 3.05) is 0 Å². The Hall–Kier alpha value is -2.67. The molecule has 0 N–H and O–H groups in total. The van der Waals surface area contributed by atoms with E-state index in [0.717, 1.165) is 27.7 Å². The van der Waals surface area contributed by atoms with Gasteiger partial charge in [0.25, 0.3) is 0 Å². The van der Waals surface area contributed by atoms with Gasteiger partial charge in [-0.25, -0.2) is 0 Å². The summed E-state index contributed by atoms with van der Waals surface area (Å²) in [4.78, 5) is 47.3. The van der Waals surface area contributed by atoms with E-state index < -0.39 is 60.8 Å². The minimum absolute atomic E-state index is 0.347. The fourth-order valence-electron chi connectivity index (χ4n) is 3.65. The highest BCUT2D eigenvalue weighted by Crippen LogP contribution is 2.61. The van der Waals surface area contributed by atoms with Gasteiger partial charge < -0.3 is 23.5 Å². The predicted molar refractivity (Wildman–Crippen MR) is 105 cm³/mol. The Morgan fingerprint density at radius 2 is 1.13 bits per heavy atom. The lowest BCUT2D eigenvalue weighted by molar-refractivity contribution is -0.195. The summed E-state index contributed by atoms with van der Waals surface area (Å²) in [5, 5.41) is 0.347. The highest BCUT2D eigenvalue weighted by molar-refractivity contribution is 7.73. The summed E-state index contributed by atoms with van der Waals surface area (Å²) in [5.74, 6) is -4.40. The molecule has 0 aromatic heterocycles. The molecule has 0 aliphatic carbocycles. The van der Waals surface area contributed by atoms with E-state index in [9.17, 15) is 23.7 Å². The number of hydrogen-bond donors (Lipinski definition) is 0. The Bertz CT molecular complexity index is 866. The number of carbonyl (C=O) groups is 4. The van der Waals surface area contributed by atoms with Crippen molar-refractivity contribution < 1.29 is 42.7 Å². The second-order valence-corrected chi connectivity index (χ2v) is 10.3. The molecule has 0 spiro atoms. The van der Waals surface area contributed by atoms with Gasteiger partial charge in [-0.15, -0.1) is 0 Å². The van der Waals surface area contributed by atoms with Gasteiger partial charge >= 0.3 is 23.9 Å². The van der Waals surface area contributed by atoms with Crippen molar-refractivity contribution in [3.8, 4) is 0 Å². The van der Waals surface area contributed by atoms with Crippen LogP contribution in [0, 0.1) is 0 Å². The standard InChI is InChI=1S/C20H25O9P/c1-11-17(26-12(2)21)18(27-13(3)22)19(28-14(4)23)20(29-15(5)24)30(11,25)16-9-7-6-8-10-16/h6-11,17-20H,1-5H3/t11-,17-,18-,19+,20-,30?/m1/s1. The van der Waals surface area contributed by atoms with Gasteiger partial charge in [0, 0.05) is 33.0 Å². The highest BCUT2D eigenvalue weighted by atomic mass is 31.2. The van der Waals surface area contributed by atoms with E-state index in [1.54, 1.807) is 37.3 Å². The molecule has 0 amide bonds. The van der Waals surface area contributed by atoms with Crippen molar-refractivity contribution in [2.24, 2.45) is 0 Å². The molecular weight excluding hydrogens is 415 g/mol. The Kier molecular flexibility index (Phi) is 7.42. The maximum Gasteiger partial charge on any atom is 0.303 e. The maximum atomic E-state index is 14.4. The van der Waals surface area contributed by atoms with E-state index in [4.69, 9.17) is 18.9 Å². The zero-order chi connectivity index (χ0) is 22.6. The normalized spacial score (nSPS) is 30.6. The number of ether oxygens (including phenoxy) is 4. The van der Waals surface area contributed by atoms with Crippen LogP contribution in [0.2, 0.25) is 0 Å². The molecule has 0 radical (unpaired) electrons. The van der Waals surface area contributed by atoms with Gasteiger partial charge in [0.05, 0.1) is 5.66 Å². The number of esters is 4. The van der Waals surface area contributed by atoms with E-state index in [2.05, 4.69) is 0 Å². The van der Waals surface area contributed by atoms with Crippen LogP contribution in [0.25, 0.3) is 0 Å². The Balaban J connectivity index is 2.74. The fraction of sp³-hybridized carbons (Fsp3) is 0.500. The molecule has 1 unspecified atom stereocenters. The fourth-order valence-corrected chi connectivity index (χ4v) is 7.16. The summed E-state index contributed by atoms with van der Waals surface area (Å²) in [5.41, 5.74) is -0.913. The first kappa shape index (κ1) is 23.6. The summed E-state index contributed by atoms with van der Waals surface area (Å²) in [7, 11) is -3.72. The Morgan fingerprint density at radius 3 is 1.60 bits per heavy atom. The molecule has 10 heteroatoms. The third kappa shape index (κ3) is 4.90. The molecule has 1 heterocycles. The van der Waals surface area contributed by atoms with Crippen LogP contribution in [0.4, 0.5) is 0 Å². The van der Waals surface area contributed by atoms with E-state index in [1.807, 2.05) is 0 Å². The molecule has 1 aliphatic rings. The quantitative estimate of drug-likeness (QED) is 0.383. The van der Waals surface area contributed by atoms with Crippen molar-refractivity contribution in [1.29, 1.82) is 0 Å². The van der Waals surface area contributed by atoms with Crippen molar-refractivity contribution in [2.45, 2.75) is 64.4 Å². The zero-order valence-electron chi connectivity index (χ0n) is 17.4. The number of benzene rings is 1. The van der Waals surface area contributed by atoms with E-state index in [0.29, 0.717) is 5.30 Å². The first-order valence-electron chi connectivity index (χ1n) is 9.32. The largest absolute Gasteiger partial charge is 0.458 e. The van der Waals surface area contributed by atoms with Gasteiger partial charge in [0.15, 0.2) is 31.3 Å². The highest BCUT2D eigenvalue weighted by Gasteiger charge is 2.62. The summed E-state index contributed by atoms with van der Waals surface area (Å²) in [6.45, 7) is 6.08.